The van der Waals surface area contributed by atoms with Gasteiger partial charge in [0.05, 0.1) is 6.20 Å². The van der Waals surface area contributed by atoms with Crippen molar-refractivity contribution < 1.29 is 4.63 Å². The van der Waals surface area contributed by atoms with Gasteiger partial charge in [0, 0.05) is 44.6 Å². The summed E-state index contributed by atoms with van der Waals surface area (Å²) in [6.07, 6.45) is 7.89. The van der Waals surface area contributed by atoms with Gasteiger partial charge in [-0.05, 0) is 40.7 Å². The minimum Gasteiger partial charge on any atom is -0.353 e. The summed E-state index contributed by atoms with van der Waals surface area (Å²) in [7, 11) is 0. The van der Waals surface area contributed by atoms with E-state index in [9.17, 15) is 0 Å². The molecule has 0 radical (unpaired) electrons. The van der Waals surface area contributed by atoms with Crippen molar-refractivity contribution in [2.24, 2.45) is 5.92 Å². The number of benzene rings is 1. The highest BCUT2D eigenvalue weighted by Crippen LogP contribution is 2.31. The molecule has 2 unspecified atom stereocenters. The number of nitrogens with zero attached hydrogens (tertiary/aromatic N) is 6. The minimum absolute atomic E-state index is 0.524. The average Bonchev–Trinajstić information content (AvgIpc) is 2.96. The van der Waals surface area contributed by atoms with Gasteiger partial charge >= 0.3 is 0 Å². The van der Waals surface area contributed by atoms with Crippen LogP contribution >= 0.6 is 0 Å². The second-order valence-corrected chi connectivity index (χ2v) is 7.04. The Kier molecular flexibility index (Phi) is 3.59. The van der Waals surface area contributed by atoms with Crippen LogP contribution < -0.4 is 4.90 Å². The molecule has 6 rings (SSSR count). The van der Waals surface area contributed by atoms with Crippen LogP contribution in [0.1, 0.15) is 18.4 Å². The van der Waals surface area contributed by atoms with Crippen LogP contribution in [0.15, 0.2) is 41.4 Å². The van der Waals surface area contributed by atoms with Gasteiger partial charge in [0.25, 0.3) is 0 Å². The van der Waals surface area contributed by atoms with E-state index in [2.05, 4.69) is 36.1 Å². The van der Waals surface area contributed by atoms with Gasteiger partial charge in [-0.3, -0.25) is 9.88 Å². The fourth-order valence-electron chi connectivity index (χ4n) is 4.22. The predicted molar refractivity (Wildman–Crippen MR) is 93.0 cm³/mol. The SMILES string of the molecule is c1cc(CN2CC3CCC2CN(c2cnccn2)C3)c2nonc2c1. The number of hydrogen-bond acceptors (Lipinski definition) is 7. The highest BCUT2D eigenvalue weighted by molar-refractivity contribution is 5.76. The van der Waals surface area contributed by atoms with Crippen LogP contribution in [0.4, 0.5) is 5.82 Å². The molecule has 0 aliphatic carbocycles. The van der Waals surface area contributed by atoms with Gasteiger partial charge in [-0.1, -0.05) is 12.1 Å². The molecule has 3 fully saturated rings. The number of aromatic nitrogens is 4. The summed E-state index contributed by atoms with van der Waals surface area (Å²) < 4.78 is 4.91. The van der Waals surface area contributed by atoms with Crippen LogP contribution in [0.2, 0.25) is 0 Å². The van der Waals surface area contributed by atoms with Gasteiger partial charge in [0.1, 0.15) is 16.9 Å². The lowest BCUT2D eigenvalue weighted by Crippen LogP contribution is -2.43. The topological polar surface area (TPSA) is 71.2 Å². The zero-order valence-corrected chi connectivity index (χ0v) is 14.0. The third kappa shape index (κ3) is 2.74. The quantitative estimate of drug-likeness (QED) is 0.725. The standard InChI is InChI=1S/C18H20N6O/c1-2-14(18-16(3-1)21-25-22-18)11-23-9-13-4-5-15(23)12-24(10-13)17-8-19-6-7-20-17/h1-3,6-8,13,15H,4-5,9-12H2. The van der Waals surface area contributed by atoms with Gasteiger partial charge < -0.3 is 4.90 Å². The molecule has 3 aliphatic rings. The first-order chi connectivity index (χ1) is 12.4. The third-order valence-electron chi connectivity index (χ3n) is 5.44. The average molecular weight is 336 g/mol. The van der Waals surface area contributed by atoms with Crippen molar-refractivity contribution in [3.8, 4) is 0 Å². The van der Waals surface area contributed by atoms with E-state index in [0.717, 1.165) is 43.0 Å². The number of fused-ring (bicyclic) bond motifs is 5. The van der Waals surface area contributed by atoms with E-state index in [1.165, 1.54) is 18.4 Å². The van der Waals surface area contributed by atoms with E-state index in [4.69, 9.17) is 4.63 Å². The van der Waals surface area contributed by atoms with Crippen molar-refractivity contribution in [2.45, 2.75) is 25.4 Å². The molecule has 2 bridgehead atoms. The van der Waals surface area contributed by atoms with Gasteiger partial charge in [-0.15, -0.1) is 0 Å². The Bertz CT molecular complexity index is 866. The zero-order valence-electron chi connectivity index (χ0n) is 14.0. The second kappa shape index (κ2) is 6.07. The summed E-state index contributed by atoms with van der Waals surface area (Å²) in [4.78, 5) is 13.7. The van der Waals surface area contributed by atoms with Crippen molar-refractivity contribution in [1.29, 1.82) is 0 Å². The fourth-order valence-corrected chi connectivity index (χ4v) is 4.22. The Labute approximate surface area is 145 Å². The molecule has 0 amide bonds. The third-order valence-corrected chi connectivity index (χ3v) is 5.44. The molecule has 2 atom stereocenters. The van der Waals surface area contributed by atoms with Gasteiger partial charge in [0.2, 0.25) is 0 Å². The van der Waals surface area contributed by atoms with Gasteiger partial charge in [-0.25, -0.2) is 9.61 Å². The zero-order chi connectivity index (χ0) is 16.6. The van der Waals surface area contributed by atoms with Crippen LogP contribution in [0.5, 0.6) is 0 Å². The lowest BCUT2D eigenvalue weighted by Gasteiger charge is -2.36. The molecular formula is C18H20N6O. The van der Waals surface area contributed by atoms with E-state index in [1.54, 1.807) is 12.4 Å². The molecule has 0 N–H and O–H groups in total. The minimum atomic E-state index is 0.524. The second-order valence-electron chi connectivity index (χ2n) is 7.04. The Morgan fingerprint density at radius 1 is 1.08 bits per heavy atom. The molecule has 7 nitrogen and oxygen atoms in total. The number of anilines is 1. The van der Waals surface area contributed by atoms with E-state index in [0.29, 0.717) is 12.0 Å². The molecular weight excluding hydrogens is 316 g/mol. The van der Waals surface area contributed by atoms with E-state index < -0.39 is 0 Å². The van der Waals surface area contributed by atoms with Gasteiger partial charge in [0.15, 0.2) is 0 Å². The van der Waals surface area contributed by atoms with Crippen molar-refractivity contribution >= 4 is 16.9 Å². The highest BCUT2D eigenvalue weighted by Gasteiger charge is 2.35. The Morgan fingerprint density at radius 3 is 3.00 bits per heavy atom. The van der Waals surface area contributed by atoms with Crippen LogP contribution in [-0.2, 0) is 6.54 Å². The number of piperidine rings is 1. The number of hydrogen-bond donors (Lipinski definition) is 0. The molecule has 0 saturated carbocycles. The summed E-state index contributed by atoms with van der Waals surface area (Å²) in [6.45, 7) is 4.06. The molecule has 0 spiro atoms. The summed E-state index contributed by atoms with van der Waals surface area (Å²) in [5, 5.41) is 8.05. The van der Waals surface area contributed by atoms with E-state index in [-0.39, 0.29) is 0 Å². The summed E-state index contributed by atoms with van der Waals surface area (Å²) >= 11 is 0. The summed E-state index contributed by atoms with van der Waals surface area (Å²) in [5.41, 5.74) is 2.91. The molecule has 128 valence electrons. The first kappa shape index (κ1) is 14.8. The largest absolute Gasteiger partial charge is 0.353 e. The van der Waals surface area contributed by atoms with Crippen LogP contribution in [-0.4, -0.2) is 50.9 Å². The molecule has 25 heavy (non-hydrogen) atoms. The maximum absolute atomic E-state index is 4.91. The lowest BCUT2D eigenvalue weighted by atomic mass is 9.94. The molecule has 7 heteroatoms. The molecule has 5 heterocycles. The normalized spacial score (nSPS) is 23.9. The number of rotatable bonds is 3. The van der Waals surface area contributed by atoms with Gasteiger partial charge in [-0.2, -0.15) is 0 Å². The molecule has 1 aromatic carbocycles. The monoisotopic (exact) mass is 336 g/mol. The first-order valence-electron chi connectivity index (χ1n) is 8.82. The van der Waals surface area contributed by atoms with Crippen molar-refractivity contribution in [3.05, 3.63) is 42.4 Å². The molecule has 3 aliphatic heterocycles. The highest BCUT2D eigenvalue weighted by atomic mass is 16.6. The Balaban J connectivity index is 1.40. The van der Waals surface area contributed by atoms with Crippen molar-refractivity contribution in [3.63, 3.8) is 0 Å². The summed E-state index contributed by atoms with van der Waals surface area (Å²) in [6, 6.07) is 6.63. The molecule has 2 aromatic heterocycles. The van der Waals surface area contributed by atoms with E-state index in [1.807, 2.05) is 18.3 Å². The maximum atomic E-state index is 4.91. The summed E-state index contributed by atoms with van der Waals surface area (Å²) in [5.74, 6) is 1.65. The van der Waals surface area contributed by atoms with Crippen LogP contribution in [0.25, 0.3) is 11.0 Å². The predicted octanol–water partition coefficient (Wildman–Crippen LogP) is 2.11. The maximum Gasteiger partial charge on any atom is 0.147 e. The molecule has 3 saturated heterocycles. The van der Waals surface area contributed by atoms with Crippen LogP contribution in [0.3, 0.4) is 0 Å². The smallest absolute Gasteiger partial charge is 0.147 e. The van der Waals surface area contributed by atoms with E-state index >= 15 is 0 Å². The molecule has 3 aromatic rings. The first-order valence-corrected chi connectivity index (χ1v) is 8.82. The van der Waals surface area contributed by atoms with Crippen molar-refractivity contribution in [2.75, 3.05) is 24.5 Å². The lowest BCUT2D eigenvalue weighted by molar-refractivity contribution is 0.127. The fraction of sp³-hybridized carbons (Fsp3) is 0.444. The Morgan fingerprint density at radius 2 is 2.08 bits per heavy atom. The van der Waals surface area contributed by atoms with Crippen molar-refractivity contribution in [1.82, 2.24) is 25.2 Å². The van der Waals surface area contributed by atoms with Crippen LogP contribution in [0, 0.1) is 5.92 Å². The Hall–Kier alpha value is -2.54.